The number of alkyl halides is 3. The van der Waals surface area contributed by atoms with Gasteiger partial charge in [-0.2, -0.15) is 18.2 Å². The average molecular weight is 261 g/mol. The molecular formula is C11H14F3N3O. The Morgan fingerprint density at radius 1 is 1.44 bits per heavy atom. The third-order valence-corrected chi connectivity index (χ3v) is 3.49. The van der Waals surface area contributed by atoms with Gasteiger partial charge in [-0.05, 0) is 12.8 Å². The van der Waals surface area contributed by atoms with Gasteiger partial charge in [0.25, 0.3) is 0 Å². The summed E-state index contributed by atoms with van der Waals surface area (Å²) in [7, 11) is 1.23. The maximum Gasteiger partial charge on any atom is 0.433 e. The van der Waals surface area contributed by atoms with Crippen LogP contribution in [0.3, 0.4) is 0 Å². The van der Waals surface area contributed by atoms with Crippen LogP contribution in [-0.4, -0.2) is 23.6 Å². The highest BCUT2D eigenvalue weighted by molar-refractivity contribution is 5.33. The zero-order valence-corrected chi connectivity index (χ0v) is 9.92. The average Bonchev–Trinajstić information content (AvgIpc) is 2.27. The number of methoxy groups -OCH3 is 1. The van der Waals surface area contributed by atoms with Crippen LogP contribution in [0.2, 0.25) is 0 Å². The molecule has 1 aliphatic carbocycles. The highest BCUT2D eigenvalue weighted by Crippen LogP contribution is 2.46. The van der Waals surface area contributed by atoms with Crippen LogP contribution in [0.5, 0.6) is 6.01 Å². The Kier molecular flexibility index (Phi) is 3.18. The van der Waals surface area contributed by atoms with Gasteiger partial charge in [-0.1, -0.05) is 6.42 Å². The molecule has 1 aliphatic rings. The van der Waals surface area contributed by atoms with Gasteiger partial charge in [-0.3, -0.25) is 0 Å². The fourth-order valence-electron chi connectivity index (χ4n) is 2.26. The van der Waals surface area contributed by atoms with Crippen LogP contribution in [-0.2, 0) is 11.6 Å². The lowest BCUT2D eigenvalue weighted by atomic mass is 9.64. The maximum atomic E-state index is 13.0. The lowest BCUT2D eigenvalue weighted by Gasteiger charge is -2.42. The molecule has 1 saturated carbocycles. The van der Waals surface area contributed by atoms with E-state index in [9.17, 15) is 13.2 Å². The number of halogens is 3. The van der Waals surface area contributed by atoms with E-state index in [2.05, 4.69) is 14.7 Å². The lowest BCUT2D eigenvalue weighted by molar-refractivity contribution is -0.143. The first-order chi connectivity index (χ1) is 8.43. The number of ether oxygens (including phenoxy) is 1. The van der Waals surface area contributed by atoms with Crippen molar-refractivity contribution in [2.45, 2.75) is 30.9 Å². The first kappa shape index (κ1) is 13.1. The summed E-state index contributed by atoms with van der Waals surface area (Å²) in [6.07, 6.45) is -1.17. The third-order valence-electron chi connectivity index (χ3n) is 3.49. The van der Waals surface area contributed by atoms with Gasteiger partial charge in [0, 0.05) is 23.7 Å². The summed E-state index contributed by atoms with van der Waals surface area (Å²) >= 11 is 0. The Labute approximate surface area is 102 Å². The Bertz CT molecular complexity index is 438. The van der Waals surface area contributed by atoms with Crippen molar-refractivity contribution in [3.05, 3.63) is 17.5 Å². The molecule has 0 bridgehead atoms. The van der Waals surface area contributed by atoms with E-state index in [-0.39, 0.29) is 18.1 Å². The molecule has 1 aromatic rings. The molecule has 0 saturated heterocycles. The standard InChI is InChI=1S/C11H14F3N3O/c1-18-9-16-5-7(8(17-9)11(12,13)14)10(6-15)3-2-4-10/h5H,2-4,6,15H2,1H3. The second-order valence-corrected chi connectivity index (χ2v) is 4.45. The molecule has 100 valence electrons. The van der Waals surface area contributed by atoms with Gasteiger partial charge in [0.2, 0.25) is 0 Å². The largest absolute Gasteiger partial charge is 0.467 e. The van der Waals surface area contributed by atoms with Crippen LogP contribution >= 0.6 is 0 Å². The molecule has 0 radical (unpaired) electrons. The number of nitrogens with zero attached hydrogens (tertiary/aromatic N) is 2. The van der Waals surface area contributed by atoms with Crippen LogP contribution in [0.25, 0.3) is 0 Å². The normalized spacial score (nSPS) is 18.3. The molecule has 1 aromatic heterocycles. The van der Waals surface area contributed by atoms with Crippen LogP contribution in [0.15, 0.2) is 6.20 Å². The van der Waals surface area contributed by atoms with Crippen LogP contribution in [0.1, 0.15) is 30.5 Å². The first-order valence-electron chi connectivity index (χ1n) is 5.62. The third kappa shape index (κ3) is 2.03. The zero-order valence-electron chi connectivity index (χ0n) is 9.92. The summed E-state index contributed by atoms with van der Waals surface area (Å²) in [5.41, 5.74) is 4.16. The number of hydrogen-bond acceptors (Lipinski definition) is 4. The van der Waals surface area contributed by atoms with Gasteiger partial charge >= 0.3 is 12.2 Å². The van der Waals surface area contributed by atoms with E-state index >= 15 is 0 Å². The quantitative estimate of drug-likeness (QED) is 0.902. The minimum atomic E-state index is -4.52. The van der Waals surface area contributed by atoms with Crippen molar-refractivity contribution in [1.29, 1.82) is 0 Å². The number of aromatic nitrogens is 2. The van der Waals surface area contributed by atoms with E-state index < -0.39 is 17.3 Å². The first-order valence-corrected chi connectivity index (χ1v) is 5.62. The molecule has 0 unspecified atom stereocenters. The smallest absolute Gasteiger partial charge is 0.433 e. The summed E-state index contributed by atoms with van der Waals surface area (Å²) in [5, 5.41) is 0. The molecule has 7 heteroatoms. The molecule has 1 fully saturated rings. The van der Waals surface area contributed by atoms with Crippen LogP contribution < -0.4 is 10.5 Å². The summed E-state index contributed by atoms with van der Waals surface area (Å²) < 4.78 is 43.7. The fourth-order valence-corrected chi connectivity index (χ4v) is 2.26. The predicted molar refractivity (Wildman–Crippen MR) is 58.2 cm³/mol. The van der Waals surface area contributed by atoms with Crippen LogP contribution in [0.4, 0.5) is 13.2 Å². The molecule has 0 spiro atoms. The van der Waals surface area contributed by atoms with Crippen LogP contribution in [0, 0.1) is 0 Å². The van der Waals surface area contributed by atoms with E-state index in [1.165, 1.54) is 13.3 Å². The predicted octanol–water partition coefficient (Wildman–Crippen LogP) is 1.88. The Morgan fingerprint density at radius 3 is 2.50 bits per heavy atom. The summed E-state index contributed by atoms with van der Waals surface area (Å²) in [6.45, 7) is 0.172. The molecule has 4 nitrogen and oxygen atoms in total. The molecular weight excluding hydrogens is 247 g/mol. The van der Waals surface area contributed by atoms with Crippen molar-refractivity contribution in [1.82, 2.24) is 9.97 Å². The van der Waals surface area contributed by atoms with E-state index in [1.807, 2.05) is 0 Å². The lowest BCUT2D eigenvalue weighted by Crippen LogP contribution is -2.43. The minimum absolute atomic E-state index is 0.0875. The SMILES string of the molecule is COc1ncc(C2(CN)CCC2)c(C(F)(F)F)n1. The summed E-state index contributed by atoms with van der Waals surface area (Å²) in [4.78, 5) is 7.22. The molecule has 0 amide bonds. The second-order valence-electron chi connectivity index (χ2n) is 4.45. The summed E-state index contributed by atoms with van der Waals surface area (Å²) in [5.74, 6) is 0. The van der Waals surface area contributed by atoms with Crippen molar-refractivity contribution in [3.63, 3.8) is 0 Å². The Morgan fingerprint density at radius 2 is 2.11 bits per heavy atom. The van der Waals surface area contributed by atoms with Crippen molar-refractivity contribution < 1.29 is 17.9 Å². The topological polar surface area (TPSA) is 61.0 Å². The zero-order chi connectivity index (χ0) is 13.4. The van der Waals surface area contributed by atoms with Gasteiger partial charge in [-0.15, -0.1) is 0 Å². The minimum Gasteiger partial charge on any atom is -0.467 e. The van der Waals surface area contributed by atoms with E-state index in [4.69, 9.17) is 5.73 Å². The molecule has 2 rings (SSSR count). The van der Waals surface area contributed by atoms with E-state index in [1.54, 1.807) is 0 Å². The Hall–Kier alpha value is -1.37. The highest BCUT2D eigenvalue weighted by Gasteiger charge is 2.46. The van der Waals surface area contributed by atoms with E-state index in [0.29, 0.717) is 12.8 Å². The van der Waals surface area contributed by atoms with Gasteiger partial charge in [0.15, 0.2) is 5.69 Å². The van der Waals surface area contributed by atoms with Crippen molar-refractivity contribution in [2.75, 3.05) is 13.7 Å². The van der Waals surface area contributed by atoms with Crippen molar-refractivity contribution in [2.24, 2.45) is 5.73 Å². The van der Waals surface area contributed by atoms with Gasteiger partial charge < -0.3 is 10.5 Å². The Balaban J connectivity index is 2.53. The molecule has 0 aliphatic heterocycles. The van der Waals surface area contributed by atoms with Crippen molar-refractivity contribution in [3.8, 4) is 6.01 Å². The number of hydrogen-bond donors (Lipinski definition) is 1. The fraction of sp³-hybridized carbons (Fsp3) is 0.636. The van der Waals surface area contributed by atoms with E-state index in [0.717, 1.165) is 6.42 Å². The second kappa shape index (κ2) is 4.38. The van der Waals surface area contributed by atoms with Gasteiger partial charge in [0.05, 0.1) is 7.11 Å². The van der Waals surface area contributed by atoms with Crippen molar-refractivity contribution >= 4 is 0 Å². The molecule has 2 N–H and O–H groups in total. The van der Waals surface area contributed by atoms with Gasteiger partial charge in [0.1, 0.15) is 0 Å². The molecule has 0 aromatic carbocycles. The maximum absolute atomic E-state index is 13.0. The monoisotopic (exact) mass is 261 g/mol. The number of nitrogens with two attached hydrogens (primary N) is 1. The number of rotatable bonds is 3. The van der Waals surface area contributed by atoms with Gasteiger partial charge in [-0.25, -0.2) is 4.98 Å². The highest BCUT2D eigenvalue weighted by atomic mass is 19.4. The molecule has 0 atom stereocenters. The summed E-state index contributed by atoms with van der Waals surface area (Å²) in [6, 6.07) is -0.280. The molecule has 1 heterocycles. The molecule has 18 heavy (non-hydrogen) atoms.